The summed E-state index contributed by atoms with van der Waals surface area (Å²) in [6.45, 7) is 4.47. The maximum Gasteiger partial charge on any atom is 0.194 e. The molecular formula is C18H26FIN6. The van der Waals surface area contributed by atoms with Crippen LogP contribution in [-0.4, -0.2) is 45.8 Å². The molecule has 8 heteroatoms. The van der Waals surface area contributed by atoms with Crippen LogP contribution in [0.3, 0.4) is 0 Å². The third-order valence-corrected chi connectivity index (χ3v) is 4.82. The Bertz CT molecular complexity index is 743. The van der Waals surface area contributed by atoms with Crippen LogP contribution < -0.4 is 5.32 Å². The minimum absolute atomic E-state index is 0. The predicted octanol–water partition coefficient (Wildman–Crippen LogP) is 2.52. The molecule has 1 aromatic carbocycles. The molecule has 1 aromatic heterocycles. The fourth-order valence-electron chi connectivity index (χ4n) is 3.24. The van der Waals surface area contributed by atoms with Crippen LogP contribution in [0.25, 0.3) is 0 Å². The van der Waals surface area contributed by atoms with E-state index >= 15 is 0 Å². The third-order valence-electron chi connectivity index (χ3n) is 4.82. The molecule has 1 atom stereocenters. The maximum absolute atomic E-state index is 13.0. The van der Waals surface area contributed by atoms with Crippen molar-refractivity contribution in [2.75, 3.05) is 20.1 Å². The second-order valence-electron chi connectivity index (χ2n) is 6.55. The van der Waals surface area contributed by atoms with Gasteiger partial charge in [0, 0.05) is 27.2 Å². The number of nitrogens with zero attached hydrogens (tertiary/aromatic N) is 5. The summed E-state index contributed by atoms with van der Waals surface area (Å²) in [5, 5.41) is 11.6. The van der Waals surface area contributed by atoms with Crippen LogP contribution in [0.5, 0.6) is 0 Å². The number of benzene rings is 1. The molecule has 1 aliphatic heterocycles. The predicted molar refractivity (Wildman–Crippen MR) is 111 cm³/mol. The number of aliphatic imine (C=N–C) groups is 1. The Kier molecular flexibility index (Phi) is 7.36. The van der Waals surface area contributed by atoms with Gasteiger partial charge in [-0.2, -0.15) is 0 Å². The van der Waals surface area contributed by atoms with Crippen LogP contribution in [-0.2, 0) is 20.0 Å². The molecule has 0 bridgehead atoms. The topological polar surface area (TPSA) is 58.3 Å². The van der Waals surface area contributed by atoms with Gasteiger partial charge in [0.05, 0.1) is 6.54 Å². The Morgan fingerprint density at radius 3 is 2.65 bits per heavy atom. The molecule has 1 aliphatic rings. The lowest BCUT2D eigenvalue weighted by molar-refractivity contribution is 0.458. The summed E-state index contributed by atoms with van der Waals surface area (Å²) >= 11 is 0. The summed E-state index contributed by atoms with van der Waals surface area (Å²) in [6.07, 6.45) is 2.08. The molecule has 1 N–H and O–H groups in total. The molecule has 26 heavy (non-hydrogen) atoms. The lowest BCUT2D eigenvalue weighted by Crippen LogP contribution is -2.40. The number of halogens is 2. The van der Waals surface area contributed by atoms with Crippen molar-refractivity contribution in [2.24, 2.45) is 18.0 Å². The highest BCUT2D eigenvalue weighted by molar-refractivity contribution is 14.0. The lowest BCUT2D eigenvalue weighted by Gasteiger charge is -2.21. The first-order valence-electron chi connectivity index (χ1n) is 8.61. The van der Waals surface area contributed by atoms with E-state index in [4.69, 9.17) is 0 Å². The number of likely N-dealkylation sites (tertiary alicyclic amines) is 1. The van der Waals surface area contributed by atoms with Gasteiger partial charge in [0.15, 0.2) is 11.8 Å². The zero-order chi connectivity index (χ0) is 17.8. The number of aromatic nitrogens is 3. The number of guanidine groups is 1. The molecule has 0 aliphatic carbocycles. The van der Waals surface area contributed by atoms with Crippen LogP contribution in [0.1, 0.15) is 23.6 Å². The monoisotopic (exact) mass is 472 g/mol. The van der Waals surface area contributed by atoms with E-state index in [0.29, 0.717) is 12.5 Å². The summed E-state index contributed by atoms with van der Waals surface area (Å²) in [6, 6.07) is 6.82. The largest absolute Gasteiger partial charge is 0.349 e. The third kappa shape index (κ3) is 4.93. The smallest absolute Gasteiger partial charge is 0.194 e. The fraction of sp³-hybridized carbons (Fsp3) is 0.500. The Labute approximate surface area is 170 Å². The maximum atomic E-state index is 13.0. The van der Waals surface area contributed by atoms with Crippen molar-refractivity contribution in [3.8, 4) is 0 Å². The van der Waals surface area contributed by atoms with E-state index in [1.165, 1.54) is 17.7 Å². The summed E-state index contributed by atoms with van der Waals surface area (Å²) in [4.78, 5) is 6.67. The van der Waals surface area contributed by atoms with Crippen molar-refractivity contribution in [1.29, 1.82) is 0 Å². The number of rotatable bonds is 4. The first-order valence-corrected chi connectivity index (χ1v) is 8.61. The SMILES string of the molecule is CN=C(NCc1nnc(C)n1C)N1CCC(Cc2ccc(F)cc2)C1.I. The highest BCUT2D eigenvalue weighted by Crippen LogP contribution is 2.21. The number of aryl methyl sites for hydroxylation is 1. The zero-order valence-corrected chi connectivity index (χ0v) is 17.8. The van der Waals surface area contributed by atoms with Crippen LogP contribution >= 0.6 is 24.0 Å². The zero-order valence-electron chi connectivity index (χ0n) is 15.4. The number of hydrogen-bond donors (Lipinski definition) is 1. The Morgan fingerprint density at radius 2 is 2.04 bits per heavy atom. The van der Waals surface area contributed by atoms with Crippen molar-refractivity contribution in [1.82, 2.24) is 25.0 Å². The molecule has 0 amide bonds. The van der Waals surface area contributed by atoms with E-state index in [1.54, 1.807) is 7.05 Å². The first kappa shape index (κ1) is 20.6. The molecule has 2 aromatic rings. The fourth-order valence-corrected chi connectivity index (χ4v) is 3.24. The summed E-state index contributed by atoms with van der Waals surface area (Å²) in [5.41, 5.74) is 1.19. The van der Waals surface area contributed by atoms with Crippen LogP contribution in [0.4, 0.5) is 4.39 Å². The highest BCUT2D eigenvalue weighted by Gasteiger charge is 2.25. The normalized spacial score (nSPS) is 17.3. The van der Waals surface area contributed by atoms with Crippen molar-refractivity contribution in [3.63, 3.8) is 0 Å². The van der Waals surface area contributed by atoms with Crippen molar-refractivity contribution >= 4 is 29.9 Å². The van der Waals surface area contributed by atoms with Gasteiger partial charge in [-0.1, -0.05) is 12.1 Å². The summed E-state index contributed by atoms with van der Waals surface area (Å²) in [7, 11) is 3.77. The summed E-state index contributed by atoms with van der Waals surface area (Å²) < 4.78 is 15.0. The average Bonchev–Trinajstić information content (AvgIpc) is 3.19. The van der Waals surface area contributed by atoms with Crippen molar-refractivity contribution in [3.05, 3.63) is 47.3 Å². The first-order chi connectivity index (χ1) is 12.1. The summed E-state index contributed by atoms with van der Waals surface area (Å²) in [5.74, 6) is 3.05. The van der Waals surface area contributed by atoms with Gasteiger partial charge in [-0.15, -0.1) is 34.2 Å². The molecule has 1 saturated heterocycles. The second kappa shape index (κ2) is 9.29. The molecule has 142 valence electrons. The van der Waals surface area contributed by atoms with Gasteiger partial charge in [0.25, 0.3) is 0 Å². The van der Waals surface area contributed by atoms with E-state index in [2.05, 4.69) is 25.4 Å². The number of nitrogens with one attached hydrogen (secondary N) is 1. The highest BCUT2D eigenvalue weighted by atomic mass is 127. The second-order valence-corrected chi connectivity index (χ2v) is 6.55. The molecule has 2 heterocycles. The van der Waals surface area contributed by atoms with Crippen LogP contribution in [0.15, 0.2) is 29.3 Å². The quantitative estimate of drug-likeness (QED) is 0.422. The lowest BCUT2D eigenvalue weighted by atomic mass is 9.99. The molecule has 3 rings (SSSR count). The van der Waals surface area contributed by atoms with Gasteiger partial charge < -0.3 is 14.8 Å². The van der Waals surface area contributed by atoms with E-state index in [9.17, 15) is 4.39 Å². The van der Waals surface area contributed by atoms with Gasteiger partial charge in [-0.3, -0.25) is 4.99 Å². The van der Waals surface area contributed by atoms with E-state index in [0.717, 1.165) is 43.5 Å². The van der Waals surface area contributed by atoms with E-state index in [1.807, 2.05) is 30.7 Å². The minimum atomic E-state index is -0.180. The van der Waals surface area contributed by atoms with E-state index < -0.39 is 0 Å². The molecule has 0 spiro atoms. The number of hydrogen-bond acceptors (Lipinski definition) is 3. The molecule has 0 saturated carbocycles. The molecule has 1 fully saturated rings. The minimum Gasteiger partial charge on any atom is -0.349 e. The molecular weight excluding hydrogens is 446 g/mol. The van der Waals surface area contributed by atoms with E-state index in [-0.39, 0.29) is 29.8 Å². The van der Waals surface area contributed by atoms with Gasteiger partial charge >= 0.3 is 0 Å². The Hall–Kier alpha value is -1.71. The average molecular weight is 472 g/mol. The Morgan fingerprint density at radius 1 is 1.31 bits per heavy atom. The van der Waals surface area contributed by atoms with Crippen molar-refractivity contribution < 1.29 is 4.39 Å². The molecule has 6 nitrogen and oxygen atoms in total. The Balaban J connectivity index is 0.00000243. The van der Waals surface area contributed by atoms with Gasteiger partial charge in [0.2, 0.25) is 0 Å². The van der Waals surface area contributed by atoms with Gasteiger partial charge in [-0.05, 0) is 43.4 Å². The van der Waals surface area contributed by atoms with Crippen LogP contribution in [0.2, 0.25) is 0 Å². The molecule has 0 radical (unpaired) electrons. The van der Waals surface area contributed by atoms with Crippen LogP contribution in [0, 0.1) is 18.7 Å². The molecule has 1 unspecified atom stereocenters. The van der Waals surface area contributed by atoms with Crippen molar-refractivity contribution in [2.45, 2.75) is 26.3 Å². The standard InChI is InChI=1S/C18H25FN6.HI/c1-13-22-23-17(24(13)3)11-21-18(20-2)25-9-8-15(12-25)10-14-4-6-16(19)7-5-14;/h4-7,15H,8-12H2,1-3H3,(H,20,21);1H. The van der Waals surface area contributed by atoms with Gasteiger partial charge in [-0.25, -0.2) is 4.39 Å². The van der Waals surface area contributed by atoms with Gasteiger partial charge in [0.1, 0.15) is 11.6 Å².